The van der Waals surface area contributed by atoms with E-state index in [1.54, 1.807) is 44.7 Å². The number of nitrogens with zero attached hydrogens (tertiary/aromatic N) is 4. The Morgan fingerprint density at radius 2 is 1.93 bits per heavy atom. The molecule has 1 aliphatic rings. The molecule has 0 saturated carbocycles. The van der Waals surface area contributed by atoms with Gasteiger partial charge in [-0.15, -0.1) is 10.2 Å². The molecule has 0 radical (unpaired) electrons. The highest BCUT2D eigenvalue weighted by Crippen LogP contribution is 2.30. The largest absolute Gasteiger partial charge is 0.497 e. The molecular formula is C20H22ClN5O3. The smallest absolute Gasteiger partial charge is 0.231 e. The molecular weight excluding hydrogens is 394 g/mol. The Kier molecular flexibility index (Phi) is 5.44. The molecule has 1 N–H and O–H groups in total. The number of fused-ring (bicyclic) bond motifs is 1. The van der Waals surface area contributed by atoms with E-state index in [1.165, 1.54) is 0 Å². The van der Waals surface area contributed by atoms with E-state index in [-0.39, 0.29) is 11.8 Å². The third-order valence-corrected chi connectivity index (χ3v) is 5.39. The third kappa shape index (κ3) is 3.93. The van der Waals surface area contributed by atoms with Crippen molar-refractivity contribution in [2.75, 3.05) is 37.5 Å². The zero-order valence-electron chi connectivity index (χ0n) is 16.3. The zero-order valence-corrected chi connectivity index (χ0v) is 17.0. The minimum atomic E-state index is -0.0826. The van der Waals surface area contributed by atoms with Gasteiger partial charge in [-0.2, -0.15) is 0 Å². The lowest BCUT2D eigenvalue weighted by Crippen LogP contribution is -2.39. The Labute approximate surface area is 173 Å². The fraction of sp³-hybridized carbons (Fsp3) is 0.350. The van der Waals surface area contributed by atoms with Crippen LogP contribution in [0.5, 0.6) is 11.5 Å². The highest BCUT2D eigenvalue weighted by molar-refractivity contribution is 6.30. The second-order valence-corrected chi connectivity index (χ2v) is 7.33. The van der Waals surface area contributed by atoms with Gasteiger partial charge in [-0.25, -0.2) is 0 Å². The van der Waals surface area contributed by atoms with Crippen molar-refractivity contribution in [1.82, 2.24) is 14.6 Å². The second kappa shape index (κ2) is 8.16. The zero-order chi connectivity index (χ0) is 20.4. The maximum atomic E-state index is 12.8. The molecule has 1 fully saturated rings. The van der Waals surface area contributed by atoms with Gasteiger partial charge in [0, 0.05) is 31.3 Å². The minimum absolute atomic E-state index is 0.0118. The van der Waals surface area contributed by atoms with Gasteiger partial charge in [-0.1, -0.05) is 11.6 Å². The van der Waals surface area contributed by atoms with Crippen molar-refractivity contribution >= 4 is 34.8 Å². The number of ether oxygens (including phenoxy) is 2. The predicted molar refractivity (Wildman–Crippen MR) is 111 cm³/mol. The van der Waals surface area contributed by atoms with E-state index in [2.05, 4.69) is 20.4 Å². The fourth-order valence-corrected chi connectivity index (χ4v) is 3.71. The van der Waals surface area contributed by atoms with Crippen molar-refractivity contribution in [3.8, 4) is 11.5 Å². The summed E-state index contributed by atoms with van der Waals surface area (Å²) in [6.45, 7) is 1.43. The van der Waals surface area contributed by atoms with Crippen LogP contribution in [0.4, 0.5) is 11.6 Å². The first-order chi connectivity index (χ1) is 14.1. The Morgan fingerprint density at radius 3 is 2.66 bits per heavy atom. The quantitative estimate of drug-likeness (QED) is 0.688. The maximum Gasteiger partial charge on any atom is 0.231 e. The monoisotopic (exact) mass is 415 g/mol. The molecule has 3 aromatic rings. The molecule has 1 aromatic carbocycles. The summed E-state index contributed by atoms with van der Waals surface area (Å²) in [4.78, 5) is 14.9. The average Bonchev–Trinajstić information content (AvgIpc) is 3.17. The van der Waals surface area contributed by atoms with Crippen LogP contribution in [0.3, 0.4) is 0 Å². The van der Waals surface area contributed by atoms with Gasteiger partial charge in [0.25, 0.3) is 0 Å². The fourth-order valence-electron chi connectivity index (χ4n) is 3.55. The number of methoxy groups -OCH3 is 2. The number of hydrogen-bond acceptors (Lipinski definition) is 6. The summed E-state index contributed by atoms with van der Waals surface area (Å²) in [7, 11) is 3.16. The maximum absolute atomic E-state index is 12.8. The first-order valence-electron chi connectivity index (χ1n) is 9.37. The molecule has 0 aliphatic carbocycles. The summed E-state index contributed by atoms with van der Waals surface area (Å²) in [6, 6.07) is 8.96. The molecule has 0 bridgehead atoms. The van der Waals surface area contributed by atoms with Gasteiger partial charge < -0.3 is 19.7 Å². The standard InChI is InChI=1S/C20H22ClN5O3/c1-28-15-4-5-16(17(11-15)29-2)22-19(27)13-7-9-25(10-8-13)20-24-23-18-6-3-14(21)12-26(18)20/h3-6,11-13H,7-10H2,1-2H3,(H,22,27). The van der Waals surface area contributed by atoms with Gasteiger partial charge in [0.05, 0.1) is 24.9 Å². The van der Waals surface area contributed by atoms with Gasteiger partial charge in [0.15, 0.2) is 5.65 Å². The lowest BCUT2D eigenvalue weighted by molar-refractivity contribution is -0.120. The second-order valence-electron chi connectivity index (χ2n) is 6.89. The SMILES string of the molecule is COc1ccc(NC(=O)C2CCN(c3nnc4ccc(Cl)cn34)CC2)c(OC)c1. The summed E-state index contributed by atoms with van der Waals surface area (Å²) in [5.41, 5.74) is 1.38. The highest BCUT2D eigenvalue weighted by Gasteiger charge is 2.27. The van der Waals surface area contributed by atoms with Crippen LogP contribution in [0.2, 0.25) is 5.02 Å². The number of carbonyl (C=O) groups is 1. The number of amides is 1. The van der Waals surface area contributed by atoms with Crippen LogP contribution < -0.4 is 19.7 Å². The first kappa shape index (κ1) is 19.3. The van der Waals surface area contributed by atoms with Crippen molar-refractivity contribution in [3.05, 3.63) is 41.6 Å². The van der Waals surface area contributed by atoms with E-state index >= 15 is 0 Å². The van der Waals surface area contributed by atoms with Crippen LogP contribution >= 0.6 is 11.6 Å². The van der Waals surface area contributed by atoms with Crippen LogP contribution in [-0.4, -0.2) is 47.8 Å². The van der Waals surface area contributed by atoms with Gasteiger partial charge in [0.2, 0.25) is 11.9 Å². The molecule has 1 amide bonds. The Morgan fingerprint density at radius 1 is 1.14 bits per heavy atom. The van der Waals surface area contributed by atoms with Gasteiger partial charge in [-0.05, 0) is 37.1 Å². The number of anilines is 2. The molecule has 0 atom stereocenters. The predicted octanol–water partition coefficient (Wildman–Crippen LogP) is 3.26. The summed E-state index contributed by atoms with van der Waals surface area (Å²) in [6.07, 6.45) is 3.25. The molecule has 2 aromatic heterocycles. The van der Waals surface area contributed by atoms with Crippen LogP contribution in [0.1, 0.15) is 12.8 Å². The molecule has 4 rings (SSSR count). The van der Waals surface area contributed by atoms with Crippen LogP contribution in [0.25, 0.3) is 5.65 Å². The first-order valence-corrected chi connectivity index (χ1v) is 9.75. The van der Waals surface area contributed by atoms with E-state index in [1.807, 2.05) is 10.5 Å². The lowest BCUT2D eigenvalue weighted by Gasteiger charge is -2.31. The number of rotatable bonds is 5. The highest BCUT2D eigenvalue weighted by atomic mass is 35.5. The Balaban J connectivity index is 1.41. The molecule has 3 heterocycles. The van der Waals surface area contributed by atoms with E-state index in [0.29, 0.717) is 35.3 Å². The number of aromatic nitrogens is 3. The summed E-state index contributed by atoms with van der Waals surface area (Å²) < 4.78 is 12.4. The van der Waals surface area contributed by atoms with E-state index in [4.69, 9.17) is 21.1 Å². The molecule has 152 valence electrons. The van der Waals surface area contributed by atoms with Crippen molar-refractivity contribution < 1.29 is 14.3 Å². The number of hydrogen-bond donors (Lipinski definition) is 1. The van der Waals surface area contributed by atoms with Gasteiger partial charge in [-0.3, -0.25) is 9.20 Å². The van der Waals surface area contributed by atoms with Crippen LogP contribution in [0.15, 0.2) is 36.5 Å². The van der Waals surface area contributed by atoms with E-state index in [9.17, 15) is 4.79 Å². The normalized spacial score (nSPS) is 14.8. The summed E-state index contributed by atoms with van der Waals surface area (Å²) in [5.74, 6) is 1.90. The lowest BCUT2D eigenvalue weighted by atomic mass is 9.96. The van der Waals surface area contributed by atoms with Crippen molar-refractivity contribution in [1.29, 1.82) is 0 Å². The molecule has 0 unspecified atom stereocenters. The molecule has 9 heteroatoms. The van der Waals surface area contributed by atoms with Crippen LogP contribution in [0, 0.1) is 5.92 Å². The van der Waals surface area contributed by atoms with Crippen molar-refractivity contribution in [3.63, 3.8) is 0 Å². The molecule has 1 aliphatic heterocycles. The molecule has 0 spiro atoms. The van der Waals surface area contributed by atoms with Gasteiger partial charge in [0.1, 0.15) is 11.5 Å². The number of piperidine rings is 1. The average molecular weight is 416 g/mol. The molecule has 1 saturated heterocycles. The summed E-state index contributed by atoms with van der Waals surface area (Å²) >= 11 is 6.11. The van der Waals surface area contributed by atoms with E-state index < -0.39 is 0 Å². The molecule has 8 nitrogen and oxygen atoms in total. The van der Waals surface area contributed by atoms with Gasteiger partial charge >= 0.3 is 0 Å². The van der Waals surface area contributed by atoms with Crippen LogP contribution in [-0.2, 0) is 4.79 Å². The Bertz CT molecular complexity index is 1030. The number of benzene rings is 1. The molecule has 29 heavy (non-hydrogen) atoms. The van der Waals surface area contributed by atoms with Crippen molar-refractivity contribution in [2.45, 2.75) is 12.8 Å². The number of pyridine rings is 1. The van der Waals surface area contributed by atoms with E-state index in [0.717, 1.165) is 24.4 Å². The minimum Gasteiger partial charge on any atom is -0.497 e. The summed E-state index contributed by atoms with van der Waals surface area (Å²) in [5, 5.41) is 12.1. The van der Waals surface area contributed by atoms with Crippen molar-refractivity contribution in [2.24, 2.45) is 5.92 Å². The number of halogens is 1. The number of carbonyl (C=O) groups excluding carboxylic acids is 1. The topological polar surface area (TPSA) is 81.0 Å². The number of nitrogens with one attached hydrogen (secondary N) is 1. The Hall–Kier alpha value is -3.00. The third-order valence-electron chi connectivity index (χ3n) is 5.16.